The van der Waals surface area contributed by atoms with Gasteiger partial charge in [0.25, 0.3) is 0 Å². The van der Waals surface area contributed by atoms with Gasteiger partial charge in [-0.15, -0.1) is 0 Å². The predicted molar refractivity (Wildman–Crippen MR) is 49.5 cm³/mol. The minimum atomic E-state index is 0.624. The molecular formula is C8H9BClO2. The van der Waals surface area contributed by atoms with Crippen molar-refractivity contribution in [2.24, 2.45) is 0 Å². The van der Waals surface area contributed by atoms with Gasteiger partial charge in [0.2, 0.25) is 0 Å². The summed E-state index contributed by atoms with van der Waals surface area (Å²) in [6.45, 7) is 3.79. The van der Waals surface area contributed by atoms with Gasteiger partial charge in [0, 0.05) is 5.02 Å². The molecule has 1 N–H and O–H groups in total. The molecule has 0 aliphatic rings. The summed E-state index contributed by atoms with van der Waals surface area (Å²) in [5.41, 5.74) is 1.91. The summed E-state index contributed by atoms with van der Waals surface area (Å²) in [5, 5.41) is 9.13. The standard InChI is InChI=1S/C8H9BClO2/c1-5-6(2)8(12-9-11)4-3-7(5)10/h3-4,11H,1-2H3. The Kier molecular flexibility index (Phi) is 3.01. The zero-order chi connectivity index (χ0) is 9.14. The van der Waals surface area contributed by atoms with Crippen LogP contribution >= 0.6 is 11.6 Å². The number of hydrogen-bond donors (Lipinski definition) is 1. The van der Waals surface area contributed by atoms with Crippen LogP contribution in [0.25, 0.3) is 0 Å². The van der Waals surface area contributed by atoms with Gasteiger partial charge < -0.3 is 9.68 Å². The first kappa shape index (κ1) is 9.42. The molecule has 1 aromatic carbocycles. The zero-order valence-electron chi connectivity index (χ0n) is 6.97. The zero-order valence-corrected chi connectivity index (χ0v) is 7.72. The van der Waals surface area contributed by atoms with E-state index in [0.29, 0.717) is 18.5 Å². The fraction of sp³-hybridized carbons (Fsp3) is 0.250. The highest BCUT2D eigenvalue weighted by Gasteiger charge is 2.05. The van der Waals surface area contributed by atoms with Crippen molar-refractivity contribution >= 4 is 19.3 Å². The molecule has 1 aromatic rings. The first-order valence-electron chi connectivity index (χ1n) is 3.55. The van der Waals surface area contributed by atoms with Crippen molar-refractivity contribution < 1.29 is 9.68 Å². The Bertz CT molecular complexity index is 289. The third kappa shape index (κ3) is 1.73. The lowest BCUT2D eigenvalue weighted by Gasteiger charge is -2.09. The molecular weight excluding hydrogens is 174 g/mol. The van der Waals surface area contributed by atoms with Crippen molar-refractivity contribution in [3.8, 4) is 5.75 Å². The van der Waals surface area contributed by atoms with Crippen LogP contribution in [0.4, 0.5) is 0 Å². The van der Waals surface area contributed by atoms with Crippen molar-refractivity contribution in [3.63, 3.8) is 0 Å². The van der Waals surface area contributed by atoms with Crippen LogP contribution in [0.3, 0.4) is 0 Å². The molecule has 0 atom stereocenters. The van der Waals surface area contributed by atoms with E-state index in [2.05, 4.69) is 0 Å². The Morgan fingerprint density at radius 2 is 2.00 bits per heavy atom. The molecule has 0 aliphatic carbocycles. The van der Waals surface area contributed by atoms with Crippen LogP contribution in [0.2, 0.25) is 5.02 Å². The van der Waals surface area contributed by atoms with E-state index in [0.717, 1.165) is 11.1 Å². The molecule has 4 heteroatoms. The van der Waals surface area contributed by atoms with Crippen molar-refractivity contribution in [1.82, 2.24) is 0 Å². The SMILES string of the molecule is Cc1c(Cl)ccc(O[B]O)c1C. The van der Waals surface area contributed by atoms with Gasteiger partial charge in [-0.1, -0.05) is 11.6 Å². The quantitative estimate of drug-likeness (QED) is 0.709. The molecule has 0 bridgehead atoms. The van der Waals surface area contributed by atoms with Crippen LogP contribution in [0.15, 0.2) is 12.1 Å². The second-order valence-electron chi connectivity index (χ2n) is 2.52. The van der Waals surface area contributed by atoms with Gasteiger partial charge >= 0.3 is 7.69 Å². The van der Waals surface area contributed by atoms with Crippen molar-refractivity contribution in [1.29, 1.82) is 0 Å². The monoisotopic (exact) mass is 183 g/mol. The third-order valence-corrected chi connectivity index (χ3v) is 2.26. The van der Waals surface area contributed by atoms with E-state index in [1.54, 1.807) is 12.1 Å². The minimum absolute atomic E-state index is 0.624. The highest BCUT2D eigenvalue weighted by Crippen LogP contribution is 2.26. The van der Waals surface area contributed by atoms with Gasteiger partial charge in [0.05, 0.1) is 0 Å². The Hall–Kier alpha value is -0.665. The highest BCUT2D eigenvalue weighted by molar-refractivity contribution is 6.31. The Morgan fingerprint density at radius 1 is 1.33 bits per heavy atom. The normalized spacial score (nSPS) is 9.67. The Labute approximate surface area is 77.4 Å². The fourth-order valence-electron chi connectivity index (χ4n) is 0.947. The number of halogens is 1. The average Bonchev–Trinajstić information content (AvgIpc) is 2.07. The van der Waals surface area contributed by atoms with Gasteiger partial charge in [0.15, 0.2) is 0 Å². The minimum Gasteiger partial charge on any atom is -0.537 e. The Balaban J connectivity index is 3.08. The van der Waals surface area contributed by atoms with Crippen LogP contribution in [0, 0.1) is 13.8 Å². The molecule has 0 aromatic heterocycles. The smallest absolute Gasteiger partial charge is 0.537 e. The van der Waals surface area contributed by atoms with Crippen LogP contribution in [0.5, 0.6) is 5.75 Å². The lowest BCUT2D eigenvalue weighted by molar-refractivity contribution is 0.451. The van der Waals surface area contributed by atoms with E-state index >= 15 is 0 Å². The van der Waals surface area contributed by atoms with Crippen molar-refractivity contribution in [3.05, 3.63) is 28.3 Å². The van der Waals surface area contributed by atoms with E-state index in [1.807, 2.05) is 13.8 Å². The molecule has 1 radical (unpaired) electrons. The number of rotatable bonds is 2. The molecule has 0 saturated carbocycles. The van der Waals surface area contributed by atoms with Gasteiger partial charge in [0.1, 0.15) is 5.75 Å². The second-order valence-corrected chi connectivity index (χ2v) is 2.93. The number of hydrogen-bond acceptors (Lipinski definition) is 2. The summed E-state index contributed by atoms with van der Waals surface area (Å²) >= 11 is 5.86. The first-order chi connectivity index (χ1) is 5.66. The van der Waals surface area contributed by atoms with E-state index in [-0.39, 0.29) is 0 Å². The molecule has 0 unspecified atom stereocenters. The summed E-state index contributed by atoms with van der Waals surface area (Å²) in [6, 6.07) is 3.46. The van der Waals surface area contributed by atoms with Crippen molar-refractivity contribution in [2.75, 3.05) is 0 Å². The maximum atomic E-state index is 8.42. The van der Waals surface area contributed by atoms with Gasteiger partial charge in [-0.2, -0.15) is 0 Å². The van der Waals surface area contributed by atoms with Crippen LogP contribution in [-0.4, -0.2) is 12.7 Å². The first-order valence-corrected chi connectivity index (χ1v) is 3.93. The number of benzene rings is 1. The van der Waals surface area contributed by atoms with Crippen LogP contribution in [0.1, 0.15) is 11.1 Å². The molecule has 63 valence electrons. The molecule has 0 spiro atoms. The summed E-state index contributed by atoms with van der Waals surface area (Å²) in [6.07, 6.45) is 0. The summed E-state index contributed by atoms with van der Waals surface area (Å²) in [4.78, 5) is 0. The lowest BCUT2D eigenvalue weighted by Crippen LogP contribution is -2.02. The maximum Gasteiger partial charge on any atom is 0.569 e. The second kappa shape index (κ2) is 3.83. The van der Waals surface area contributed by atoms with E-state index in [9.17, 15) is 0 Å². The van der Waals surface area contributed by atoms with E-state index in [1.165, 1.54) is 0 Å². The van der Waals surface area contributed by atoms with E-state index < -0.39 is 0 Å². The largest absolute Gasteiger partial charge is 0.569 e. The molecule has 0 heterocycles. The van der Waals surface area contributed by atoms with Crippen LogP contribution in [-0.2, 0) is 0 Å². The maximum absolute atomic E-state index is 8.42. The van der Waals surface area contributed by atoms with Gasteiger partial charge in [-0.25, -0.2) is 0 Å². The van der Waals surface area contributed by atoms with Crippen LogP contribution < -0.4 is 4.65 Å². The molecule has 1 rings (SSSR count). The molecule has 2 nitrogen and oxygen atoms in total. The topological polar surface area (TPSA) is 29.5 Å². The summed E-state index contributed by atoms with van der Waals surface area (Å²) in [5.74, 6) is 0.624. The molecule has 0 aliphatic heterocycles. The van der Waals surface area contributed by atoms with E-state index in [4.69, 9.17) is 21.3 Å². The molecule has 12 heavy (non-hydrogen) atoms. The van der Waals surface area contributed by atoms with Gasteiger partial charge in [-0.3, -0.25) is 0 Å². The van der Waals surface area contributed by atoms with Gasteiger partial charge in [-0.05, 0) is 37.1 Å². The highest BCUT2D eigenvalue weighted by atomic mass is 35.5. The lowest BCUT2D eigenvalue weighted by atomic mass is 10.1. The summed E-state index contributed by atoms with van der Waals surface area (Å²) < 4.78 is 4.84. The average molecular weight is 183 g/mol. The molecule has 0 fully saturated rings. The summed E-state index contributed by atoms with van der Waals surface area (Å²) in [7, 11) is 0.662. The molecule has 0 saturated heterocycles. The fourth-order valence-corrected chi connectivity index (χ4v) is 1.15. The van der Waals surface area contributed by atoms with Crippen molar-refractivity contribution in [2.45, 2.75) is 13.8 Å². The third-order valence-electron chi connectivity index (χ3n) is 1.85. The predicted octanol–water partition coefficient (Wildman–Crippen LogP) is 1.86. The Morgan fingerprint density at radius 3 is 2.58 bits per heavy atom. The molecule has 0 amide bonds.